The van der Waals surface area contributed by atoms with Gasteiger partial charge in [0.05, 0.1) is 0 Å². The van der Waals surface area contributed by atoms with Crippen LogP contribution in [0.2, 0.25) is 0 Å². The minimum atomic E-state index is 0.0406. The third-order valence-electron chi connectivity index (χ3n) is 3.32. The summed E-state index contributed by atoms with van der Waals surface area (Å²) in [6, 6.07) is 8.40. The summed E-state index contributed by atoms with van der Waals surface area (Å²) in [7, 11) is 1.96. The number of carbonyl (C=O) groups excluding carboxylic acids is 1. The van der Waals surface area contributed by atoms with Crippen LogP contribution in [0.4, 0.5) is 5.69 Å². The zero-order valence-corrected chi connectivity index (χ0v) is 11.0. The summed E-state index contributed by atoms with van der Waals surface area (Å²) in [5.41, 5.74) is 2.20. The standard InChI is InChI=1S/C14H20N2O2/c1-3-18-10-14(17)16-9-8-12(15-2)11-6-4-5-7-13(11)16/h4-7,12,15H,3,8-10H2,1-2H3. The van der Waals surface area contributed by atoms with Crippen molar-refractivity contribution in [1.82, 2.24) is 5.32 Å². The number of rotatable bonds is 4. The summed E-state index contributed by atoms with van der Waals surface area (Å²) in [4.78, 5) is 13.9. The Morgan fingerprint density at radius 3 is 3.00 bits per heavy atom. The van der Waals surface area contributed by atoms with Crippen LogP contribution in [-0.4, -0.2) is 32.7 Å². The van der Waals surface area contributed by atoms with Crippen LogP contribution in [0.15, 0.2) is 24.3 Å². The van der Waals surface area contributed by atoms with Crippen LogP contribution in [0, 0.1) is 0 Å². The lowest BCUT2D eigenvalue weighted by atomic mass is 9.96. The van der Waals surface area contributed by atoms with Crippen molar-refractivity contribution in [2.24, 2.45) is 0 Å². The van der Waals surface area contributed by atoms with E-state index in [0.29, 0.717) is 12.6 Å². The Morgan fingerprint density at radius 1 is 1.50 bits per heavy atom. The monoisotopic (exact) mass is 248 g/mol. The van der Waals surface area contributed by atoms with E-state index in [1.165, 1.54) is 5.56 Å². The van der Waals surface area contributed by atoms with Gasteiger partial charge in [0.2, 0.25) is 0 Å². The molecule has 1 heterocycles. The highest BCUT2D eigenvalue weighted by atomic mass is 16.5. The van der Waals surface area contributed by atoms with Gasteiger partial charge in [0.15, 0.2) is 0 Å². The maximum absolute atomic E-state index is 12.1. The highest BCUT2D eigenvalue weighted by Gasteiger charge is 2.27. The van der Waals surface area contributed by atoms with Crippen LogP contribution in [0.5, 0.6) is 0 Å². The number of anilines is 1. The van der Waals surface area contributed by atoms with Crippen LogP contribution >= 0.6 is 0 Å². The van der Waals surface area contributed by atoms with Crippen LogP contribution in [0.25, 0.3) is 0 Å². The zero-order chi connectivity index (χ0) is 13.0. The van der Waals surface area contributed by atoms with Gasteiger partial charge in [-0.3, -0.25) is 4.79 Å². The summed E-state index contributed by atoms with van der Waals surface area (Å²) in [5.74, 6) is 0.0406. The Bertz CT molecular complexity index is 420. The van der Waals surface area contributed by atoms with Crippen molar-refractivity contribution >= 4 is 11.6 Å². The molecule has 1 amide bonds. The van der Waals surface area contributed by atoms with E-state index in [2.05, 4.69) is 11.4 Å². The van der Waals surface area contributed by atoms with E-state index in [-0.39, 0.29) is 12.5 Å². The van der Waals surface area contributed by atoms with Crippen LogP contribution < -0.4 is 10.2 Å². The molecule has 0 saturated heterocycles. The molecule has 0 aliphatic carbocycles. The average molecular weight is 248 g/mol. The normalized spacial score (nSPS) is 18.6. The lowest BCUT2D eigenvalue weighted by Gasteiger charge is -2.34. The van der Waals surface area contributed by atoms with Gasteiger partial charge in [-0.05, 0) is 32.0 Å². The highest BCUT2D eigenvalue weighted by Crippen LogP contribution is 2.33. The first-order valence-electron chi connectivity index (χ1n) is 6.42. The smallest absolute Gasteiger partial charge is 0.252 e. The van der Waals surface area contributed by atoms with Gasteiger partial charge in [-0.1, -0.05) is 18.2 Å². The largest absolute Gasteiger partial charge is 0.372 e. The van der Waals surface area contributed by atoms with E-state index < -0.39 is 0 Å². The number of para-hydroxylation sites is 1. The molecule has 4 heteroatoms. The summed E-state index contributed by atoms with van der Waals surface area (Å²) in [5, 5.41) is 3.29. The van der Waals surface area contributed by atoms with E-state index in [1.54, 1.807) is 0 Å². The number of hydrogen-bond donors (Lipinski definition) is 1. The van der Waals surface area contributed by atoms with Gasteiger partial charge in [0, 0.05) is 24.9 Å². The minimum Gasteiger partial charge on any atom is -0.372 e. The molecule has 1 aliphatic heterocycles. The second kappa shape index (κ2) is 5.98. The predicted molar refractivity (Wildman–Crippen MR) is 71.7 cm³/mol. The minimum absolute atomic E-state index is 0.0406. The number of carbonyl (C=O) groups is 1. The second-order valence-corrected chi connectivity index (χ2v) is 4.37. The maximum Gasteiger partial charge on any atom is 0.252 e. The molecule has 1 unspecified atom stereocenters. The van der Waals surface area contributed by atoms with Crippen molar-refractivity contribution in [1.29, 1.82) is 0 Å². The van der Waals surface area contributed by atoms with Gasteiger partial charge in [0.25, 0.3) is 5.91 Å². The molecule has 0 fully saturated rings. The Balaban J connectivity index is 2.22. The molecule has 0 spiro atoms. The molecule has 1 aliphatic rings. The molecule has 0 bridgehead atoms. The molecule has 1 aromatic carbocycles. The molecule has 1 N–H and O–H groups in total. The number of ether oxygens (including phenoxy) is 1. The molecule has 1 aromatic rings. The van der Waals surface area contributed by atoms with E-state index in [0.717, 1.165) is 18.7 Å². The molecular formula is C14H20N2O2. The molecule has 0 saturated carbocycles. The third kappa shape index (κ3) is 2.54. The molecule has 4 nitrogen and oxygen atoms in total. The van der Waals surface area contributed by atoms with Crippen molar-refractivity contribution in [2.75, 3.05) is 31.7 Å². The molecule has 18 heavy (non-hydrogen) atoms. The molecular weight excluding hydrogens is 228 g/mol. The third-order valence-corrected chi connectivity index (χ3v) is 3.32. The number of fused-ring (bicyclic) bond motifs is 1. The lowest BCUT2D eigenvalue weighted by Crippen LogP contribution is -2.40. The van der Waals surface area contributed by atoms with Gasteiger partial charge in [-0.15, -0.1) is 0 Å². The van der Waals surface area contributed by atoms with Crippen molar-refractivity contribution in [3.05, 3.63) is 29.8 Å². The lowest BCUT2D eigenvalue weighted by molar-refractivity contribution is -0.123. The molecule has 2 rings (SSSR count). The summed E-state index contributed by atoms with van der Waals surface area (Å²) < 4.78 is 5.21. The van der Waals surface area contributed by atoms with E-state index in [1.807, 2.05) is 37.1 Å². The predicted octanol–water partition coefficient (Wildman–Crippen LogP) is 1.72. The van der Waals surface area contributed by atoms with Crippen molar-refractivity contribution in [3.63, 3.8) is 0 Å². The second-order valence-electron chi connectivity index (χ2n) is 4.37. The first-order valence-corrected chi connectivity index (χ1v) is 6.42. The first-order chi connectivity index (χ1) is 8.77. The van der Waals surface area contributed by atoms with E-state index >= 15 is 0 Å². The van der Waals surface area contributed by atoms with E-state index in [4.69, 9.17) is 4.74 Å². The average Bonchev–Trinajstić information content (AvgIpc) is 2.43. The molecule has 98 valence electrons. The molecule has 0 aromatic heterocycles. The van der Waals surface area contributed by atoms with Crippen LogP contribution in [-0.2, 0) is 9.53 Å². The van der Waals surface area contributed by atoms with Crippen LogP contribution in [0.3, 0.4) is 0 Å². The maximum atomic E-state index is 12.1. The van der Waals surface area contributed by atoms with Gasteiger partial charge >= 0.3 is 0 Å². The fraction of sp³-hybridized carbons (Fsp3) is 0.500. The fourth-order valence-electron chi connectivity index (χ4n) is 2.39. The Hall–Kier alpha value is -1.39. The Morgan fingerprint density at radius 2 is 2.28 bits per heavy atom. The summed E-state index contributed by atoms with van der Waals surface area (Å²) in [6.45, 7) is 3.37. The van der Waals surface area contributed by atoms with Gasteiger partial charge in [0.1, 0.15) is 6.61 Å². The molecule has 0 radical (unpaired) electrons. The zero-order valence-electron chi connectivity index (χ0n) is 11.0. The first kappa shape index (κ1) is 13.1. The van der Waals surface area contributed by atoms with Gasteiger partial charge in [-0.25, -0.2) is 0 Å². The number of nitrogens with one attached hydrogen (secondary N) is 1. The fourth-order valence-corrected chi connectivity index (χ4v) is 2.39. The molecule has 1 atom stereocenters. The highest BCUT2D eigenvalue weighted by molar-refractivity contribution is 5.95. The van der Waals surface area contributed by atoms with Crippen molar-refractivity contribution < 1.29 is 9.53 Å². The number of hydrogen-bond acceptors (Lipinski definition) is 3. The number of nitrogens with zero attached hydrogens (tertiary/aromatic N) is 1. The van der Waals surface area contributed by atoms with E-state index in [9.17, 15) is 4.79 Å². The van der Waals surface area contributed by atoms with Crippen LogP contribution in [0.1, 0.15) is 24.9 Å². The van der Waals surface area contributed by atoms with Crippen molar-refractivity contribution in [3.8, 4) is 0 Å². The Kier molecular flexibility index (Phi) is 4.33. The van der Waals surface area contributed by atoms with Gasteiger partial charge in [-0.2, -0.15) is 0 Å². The summed E-state index contributed by atoms with van der Waals surface area (Å²) in [6.07, 6.45) is 0.936. The van der Waals surface area contributed by atoms with Crippen molar-refractivity contribution in [2.45, 2.75) is 19.4 Å². The van der Waals surface area contributed by atoms with Gasteiger partial charge < -0.3 is 15.0 Å². The Labute approximate surface area is 108 Å². The quantitative estimate of drug-likeness (QED) is 0.882. The topological polar surface area (TPSA) is 41.6 Å². The number of amides is 1. The SMILES string of the molecule is CCOCC(=O)N1CCC(NC)c2ccccc21. The number of benzene rings is 1. The summed E-state index contributed by atoms with van der Waals surface area (Å²) >= 11 is 0.